The number of carbonyl (C=O) groups is 1. The Bertz CT molecular complexity index is 832. The first-order valence-electron chi connectivity index (χ1n) is 7.48. The molecule has 0 N–H and O–H groups in total. The Morgan fingerprint density at radius 3 is 2.65 bits per heavy atom. The van der Waals surface area contributed by atoms with Crippen molar-refractivity contribution >= 4 is 17.9 Å². The van der Waals surface area contributed by atoms with E-state index in [1.165, 1.54) is 24.3 Å². The van der Waals surface area contributed by atoms with Crippen molar-refractivity contribution in [1.29, 1.82) is 0 Å². The van der Waals surface area contributed by atoms with E-state index < -0.39 is 5.97 Å². The van der Waals surface area contributed by atoms with Gasteiger partial charge in [0, 0.05) is 17.6 Å². The van der Waals surface area contributed by atoms with Crippen LogP contribution in [0, 0.1) is 11.7 Å². The third-order valence-electron chi connectivity index (χ3n) is 4.11. The van der Waals surface area contributed by atoms with Gasteiger partial charge in [0.1, 0.15) is 17.3 Å². The first-order valence-corrected chi connectivity index (χ1v) is 7.48. The van der Waals surface area contributed by atoms with Gasteiger partial charge in [0.25, 0.3) is 0 Å². The summed E-state index contributed by atoms with van der Waals surface area (Å²) in [6, 6.07) is 9.39. The van der Waals surface area contributed by atoms with Gasteiger partial charge < -0.3 is 9.15 Å². The van der Waals surface area contributed by atoms with Crippen molar-refractivity contribution < 1.29 is 18.3 Å². The largest absolute Gasteiger partial charge is 0.461 e. The summed E-state index contributed by atoms with van der Waals surface area (Å²) in [5, 5.41) is 0. The predicted molar refractivity (Wildman–Crippen MR) is 82.2 cm³/mol. The zero-order valence-corrected chi connectivity index (χ0v) is 12.5. The fourth-order valence-corrected chi connectivity index (χ4v) is 2.62. The minimum atomic E-state index is -0.540. The molecule has 2 aliphatic rings. The van der Waals surface area contributed by atoms with Gasteiger partial charge in [0.05, 0.1) is 0 Å². The number of benzene rings is 1. The van der Waals surface area contributed by atoms with Gasteiger partial charge in [-0.3, -0.25) is 0 Å². The highest BCUT2D eigenvalue weighted by Crippen LogP contribution is 2.47. The molecular formula is C18H14FNO3. The van der Waals surface area contributed by atoms with Gasteiger partial charge in [-0.1, -0.05) is 6.92 Å². The number of aliphatic imine (C=N–C) groups is 1. The summed E-state index contributed by atoms with van der Waals surface area (Å²) in [4.78, 5) is 16.1. The molecule has 4 rings (SSSR count). The van der Waals surface area contributed by atoms with Crippen LogP contribution in [0.4, 0.5) is 4.39 Å². The van der Waals surface area contributed by atoms with E-state index in [0.29, 0.717) is 23.2 Å². The van der Waals surface area contributed by atoms with E-state index >= 15 is 0 Å². The molecule has 2 atom stereocenters. The van der Waals surface area contributed by atoms with Crippen molar-refractivity contribution in [3.05, 3.63) is 65.0 Å². The second kappa shape index (κ2) is 5.19. The molecule has 0 amide bonds. The maximum atomic E-state index is 12.9. The van der Waals surface area contributed by atoms with Gasteiger partial charge in [-0.25, -0.2) is 14.2 Å². The number of esters is 1. The molecule has 1 aliphatic carbocycles. The number of rotatable bonds is 3. The topological polar surface area (TPSA) is 51.8 Å². The summed E-state index contributed by atoms with van der Waals surface area (Å²) >= 11 is 0. The zero-order chi connectivity index (χ0) is 16.0. The molecule has 0 bridgehead atoms. The molecule has 2 aromatic rings. The highest BCUT2D eigenvalue weighted by atomic mass is 19.1. The first kappa shape index (κ1) is 13.9. The number of carbonyl (C=O) groups excluding carboxylic acids is 1. The zero-order valence-electron chi connectivity index (χ0n) is 12.5. The summed E-state index contributed by atoms with van der Waals surface area (Å²) in [5.41, 5.74) is 0.726. The highest BCUT2D eigenvalue weighted by Gasteiger charge is 2.36. The van der Waals surface area contributed by atoms with Gasteiger partial charge in [-0.2, -0.15) is 0 Å². The number of nitrogens with zero attached hydrogens (tertiary/aromatic N) is 1. The van der Waals surface area contributed by atoms with E-state index in [9.17, 15) is 9.18 Å². The lowest BCUT2D eigenvalue weighted by Gasteiger charge is -1.98. The summed E-state index contributed by atoms with van der Waals surface area (Å²) in [5.74, 6) is 1.93. The van der Waals surface area contributed by atoms with Crippen LogP contribution in [0.25, 0.3) is 6.08 Å². The van der Waals surface area contributed by atoms with E-state index in [4.69, 9.17) is 9.15 Å². The number of furan rings is 1. The summed E-state index contributed by atoms with van der Waals surface area (Å²) < 4.78 is 23.8. The Hall–Kier alpha value is -2.69. The summed E-state index contributed by atoms with van der Waals surface area (Å²) in [6.07, 6.45) is 2.70. The number of halogens is 1. The molecule has 5 heteroatoms. The lowest BCUT2D eigenvalue weighted by atomic mass is 10.2. The van der Waals surface area contributed by atoms with Gasteiger partial charge in [-0.05, 0) is 48.7 Å². The van der Waals surface area contributed by atoms with Crippen molar-refractivity contribution in [2.24, 2.45) is 10.9 Å². The van der Waals surface area contributed by atoms with Gasteiger partial charge in [0.2, 0.25) is 5.90 Å². The van der Waals surface area contributed by atoms with Crippen LogP contribution in [0.3, 0.4) is 0 Å². The lowest BCUT2D eigenvalue weighted by Crippen LogP contribution is -2.05. The molecule has 1 fully saturated rings. The molecule has 0 saturated heterocycles. The average Bonchev–Trinajstić information content (AvgIpc) is 2.94. The maximum absolute atomic E-state index is 12.9. The predicted octanol–water partition coefficient (Wildman–Crippen LogP) is 3.89. The molecule has 1 aliphatic heterocycles. The third kappa shape index (κ3) is 2.70. The molecule has 1 aromatic heterocycles. The molecule has 0 radical (unpaired) electrons. The molecule has 1 saturated carbocycles. The maximum Gasteiger partial charge on any atom is 0.363 e. The van der Waals surface area contributed by atoms with Crippen molar-refractivity contribution in [3.63, 3.8) is 0 Å². The average molecular weight is 311 g/mol. The minimum absolute atomic E-state index is 0.170. The number of hydrogen-bond acceptors (Lipinski definition) is 4. The van der Waals surface area contributed by atoms with Crippen LogP contribution < -0.4 is 0 Å². The van der Waals surface area contributed by atoms with Crippen LogP contribution >= 0.6 is 0 Å². The van der Waals surface area contributed by atoms with Crippen molar-refractivity contribution in [2.45, 2.75) is 19.3 Å². The Kier molecular flexibility index (Phi) is 3.15. The minimum Gasteiger partial charge on any atom is -0.461 e. The molecule has 1 aromatic carbocycles. The van der Waals surface area contributed by atoms with Crippen LogP contribution in [-0.2, 0) is 9.53 Å². The molecule has 0 spiro atoms. The van der Waals surface area contributed by atoms with Crippen molar-refractivity contribution in [2.75, 3.05) is 0 Å². The quantitative estimate of drug-likeness (QED) is 0.638. The smallest absolute Gasteiger partial charge is 0.363 e. The standard InChI is InChI=1S/C18H14FNO3/c1-10-8-14(10)16-7-6-13(22-16)9-15-18(21)23-17(20-15)11-2-4-12(19)5-3-11/h2-7,9-10,14H,8H2,1H3/b15-9-/t10-,14-/m0/s1. The molecule has 2 heterocycles. The number of hydrogen-bond donors (Lipinski definition) is 0. The van der Waals surface area contributed by atoms with E-state index in [0.717, 1.165) is 12.2 Å². The van der Waals surface area contributed by atoms with E-state index in [1.807, 2.05) is 12.1 Å². The molecule has 116 valence electrons. The Balaban J connectivity index is 1.59. The van der Waals surface area contributed by atoms with Crippen LogP contribution in [0.5, 0.6) is 0 Å². The molecule has 4 nitrogen and oxygen atoms in total. The van der Waals surface area contributed by atoms with Gasteiger partial charge >= 0.3 is 5.97 Å². The van der Waals surface area contributed by atoms with Crippen molar-refractivity contribution in [1.82, 2.24) is 0 Å². The van der Waals surface area contributed by atoms with Gasteiger partial charge in [0.15, 0.2) is 5.70 Å². The van der Waals surface area contributed by atoms with E-state index in [1.54, 1.807) is 6.08 Å². The van der Waals surface area contributed by atoms with Crippen LogP contribution in [0.15, 0.2) is 51.5 Å². The summed E-state index contributed by atoms with van der Waals surface area (Å²) in [6.45, 7) is 2.18. The Labute approximate surface area is 132 Å². The number of ether oxygens (including phenoxy) is 1. The lowest BCUT2D eigenvalue weighted by molar-refractivity contribution is -0.129. The van der Waals surface area contributed by atoms with Crippen LogP contribution in [-0.4, -0.2) is 11.9 Å². The molecule has 23 heavy (non-hydrogen) atoms. The SMILES string of the molecule is C[C@H]1C[C@@H]1c1ccc(/C=C2\N=C(c3ccc(F)cc3)OC2=O)o1. The van der Waals surface area contributed by atoms with E-state index in [-0.39, 0.29) is 17.4 Å². The van der Waals surface area contributed by atoms with Crippen LogP contribution in [0.2, 0.25) is 0 Å². The fourth-order valence-electron chi connectivity index (χ4n) is 2.62. The van der Waals surface area contributed by atoms with Gasteiger partial charge in [-0.15, -0.1) is 0 Å². The second-order valence-electron chi connectivity index (χ2n) is 5.90. The van der Waals surface area contributed by atoms with Crippen molar-refractivity contribution in [3.8, 4) is 0 Å². The number of cyclic esters (lactones) is 1. The fraction of sp³-hybridized carbons (Fsp3) is 0.222. The third-order valence-corrected chi connectivity index (χ3v) is 4.11. The highest BCUT2D eigenvalue weighted by molar-refractivity contribution is 6.12. The molecular weight excluding hydrogens is 297 g/mol. The van der Waals surface area contributed by atoms with E-state index in [2.05, 4.69) is 11.9 Å². The monoisotopic (exact) mass is 311 g/mol. The summed E-state index contributed by atoms with van der Waals surface area (Å²) in [7, 11) is 0. The molecule has 0 unspecified atom stereocenters. The second-order valence-corrected chi connectivity index (χ2v) is 5.90. The normalized spacial score (nSPS) is 24.7. The van der Waals surface area contributed by atoms with Crippen LogP contribution in [0.1, 0.15) is 36.3 Å². The Morgan fingerprint density at radius 1 is 1.22 bits per heavy atom. The Morgan fingerprint density at radius 2 is 1.96 bits per heavy atom. The first-order chi connectivity index (χ1) is 11.1.